The molecule has 4 rings (SSSR count). The fourth-order valence-corrected chi connectivity index (χ4v) is 2.79. The number of nitrogens with zero attached hydrogens (tertiary/aromatic N) is 4. The standard InChI is InChI=1S/C21H19N5O3/c1-14-3-7-17(8-4-14)26-19(11-15(2)25-26)23-20(27)12-28-18-9-5-16(6-10-18)21-24-22-13-29-21/h3-11,13H,12H2,1-2H3,(H,23,27). The van der Waals surface area contributed by atoms with Gasteiger partial charge in [-0.25, -0.2) is 4.68 Å². The molecular formula is C21H19N5O3. The Morgan fingerprint density at radius 1 is 1.10 bits per heavy atom. The Hall–Kier alpha value is -3.94. The summed E-state index contributed by atoms with van der Waals surface area (Å²) in [6.07, 6.45) is 1.27. The Morgan fingerprint density at radius 2 is 1.86 bits per heavy atom. The van der Waals surface area contributed by atoms with E-state index >= 15 is 0 Å². The van der Waals surface area contributed by atoms with Crippen molar-refractivity contribution >= 4 is 11.7 Å². The van der Waals surface area contributed by atoms with Crippen molar-refractivity contribution in [2.75, 3.05) is 11.9 Å². The molecule has 0 spiro atoms. The molecule has 1 N–H and O–H groups in total. The van der Waals surface area contributed by atoms with E-state index in [-0.39, 0.29) is 12.5 Å². The van der Waals surface area contributed by atoms with Crippen LogP contribution in [0.3, 0.4) is 0 Å². The minimum absolute atomic E-state index is 0.127. The van der Waals surface area contributed by atoms with Gasteiger partial charge in [0.15, 0.2) is 6.61 Å². The number of hydrogen-bond acceptors (Lipinski definition) is 6. The van der Waals surface area contributed by atoms with Gasteiger partial charge in [-0.05, 0) is 50.2 Å². The highest BCUT2D eigenvalue weighted by Crippen LogP contribution is 2.21. The van der Waals surface area contributed by atoms with Crippen molar-refractivity contribution in [1.82, 2.24) is 20.0 Å². The Bertz CT molecular complexity index is 1100. The third-order valence-electron chi connectivity index (χ3n) is 4.21. The molecule has 8 heteroatoms. The molecule has 0 bridgehead atoms. The highest BCUT2D eigenvalue weighted by atomic mass is 16.5. The van der Waals surface area contributed by atoms with E-state index in [1.165, 1.54) is 6.39 Å². The summed E-state index contributed by atoms with van der Waals surface area (Å²) < 4.78 is 12.4. The zero-order chi connectivity index (χ0) is 20.2. The van der Waals surface area contributed by atoms with Crippen LogP contribution in [0.15, 0.2) is 65.4 Å². The average molecular weight is 389 g/mol. The normalized spacial score (nSPS) is 10.7. The van der Waals surface area contributed by atoms with E-state index in [0.717, 1.165) is 22.5 Å². The minimum atomic E-state index is -0.278. The maximum absolute atomic E-state index is 12.4. The van der Waals surface area contributed by atoms with Crippen LogP contribution in [-0.2, 0) is 4.79 Å². The molecule has 1 amide bonds. The maximum atomic E-state index is 12.4. The number of amides is 1. The lowest BCUT2D eigenvalue weighted by atomic mass is 10.2. The van der Waals surface area contributed by atoms with E-state index < -0.39 is 0 Å². The smallest absolute Gasteiger partial charge is 0.263 e. The molecule has 29 heavy (non-hydrogen) atoms. The van der Waals surface area contributed by atoms with Gasteiger partial charge in [0, 0.05) is 11.6 Å². The number of anilines is 1. The van der Waals surface area contributed by atoms with Crippen molar-refractivity contribution in [1.29, 1.82) is 0 Å². The molecule has 0 saturated heterocycles. The van der Waals surface area contributed by atoms with Crippen LogP contribution >= 0.6 is 0 Å². The lowest BCUT2D eigenvalue weighted by Gasteiger charge is -2.10. The number of carbonyl (C=O) groups is 1. The Morgan fingerprint density at radius 3 is 2.55 bits per heavy atom. The van der Waals surface area contributed by atoms with E-state index in [0.29, 0.717) is 17.5 Å². The molecule has 0 aliphatic rings. The summed E-state index contributed by atoms with van der Waals surface area (Å²) in [5.41, 5.74) is 3.61. The average Bonchev–Trinajstić information content (AvgIpc) is 3.38. The molecule has 4 aromatic rings. The predicted molar refractivity (Wildman–Crippen MR) is 107 cm³/mol. The summed E-state index contributed by atoms with van der Waals surface area (Å²) in [5.74, 6) is 1.30. The van der Waals surface area contributed by atoms with Gasteiger partial charge in [0.1, 0.15) is 11.6 Å². The van der Waals surface area contributed by atoms with Crippen LogP contribution in [0.25, 0.3) is 17.1 Å². The molecular weight excluding hydrogens is 370 g/mol. The van der Waals surface area contributed by atoms with Crippen molar-refractivity contribution in [2.45, 2.75) is 13.8 Å². The zero-order valence-electron chi connectivity index (χ0n) is 16.0. The molecule has 2 heterocycles. The van der Waals surface area contributed by atoms with Crippen molar-refractivity contribution < 1.29 is 13.9 Å². The Balaban J connectivity index is 1.39. The van der Waals surface area contributed by atoms with E-state index in [1.54, 1.807) is 28.9 Å². The van der Waals surface area contributed by atoms with Gasteiger partial charge in [-0.1, -0.05) is 17.7 Å². The van der Waals surface area contributed by atoms with E-state index in [1.807, 2.05) is 44.2 Å². The van der Waals surface area contributed by atoms with Crippen LogP contribution in [0.5, 0.6) is 5.75 Å². The van der Waals surface area contributed by atoms with Crippen LogP contribution in [-0.4, -0.2) is 32.5 Å². The second kappa shape index (κ2) is 7.97. The molecule has 0 saturated carbocycles. The van der Waals surface area contributed by atoms with Crippen molar-refractivity contribution in [3.63, 3.8) is 0 Å². The summed E-state index contributed by atoms with van der Waals surface area (Å²) in [7, 11) is 0. The zero-order valence-corrected chi connectivity index (χ0v) is 16.0. The Labute approximate surface area is 167 Å². The van der Waals surface area contributed by atoms with Crippen LogP contribution in [0.4, 0.5) is 5.82 Å². The topological polar surface area (TPSA) is 95.1 Å². The number of benzene rings is 2. The second-order valence-corrected chi connectivity index (χ2v) is 6.52. The number of rotatable bonds is 6. The molecule has 0 unspecified atom stereocenters. The molecule has 0 aliphatic heterocycles. The molecule has 146 valence electrons. The third-order valence-corrected chi connectivity index (χ3v) is 4.21. The number of aromatic nitrogens is 4. The molecule has 2 aromatic heterocycles. The van der Waals surface area contributed by atoms with Gasteiger partial charge in [-0.2, -0.15) is 5.10 Å². The van der Waals surface area contributed by atoms with Crippen LogP contribution in [0.1, 0.15) is 11.3 Å². The van der Waals surface area contributed by atoms with Gasteiger partial charge in [-0.15, -0.1) is 10.2 Å². The van der Waals surface area contributed by atoms with E-state index in [4.69, 9.17) is 9.15 Å². The third kappa shape index (κ3) is 4.32. The van der Waals surface area contributed by atoms with Gasteiger partial charge in [0.05, 0.1) is 11.4 Å². The number of aryl methyl sites for hydroxylation is 2. The monoisotopic (exact) mass is 389 g/mol. The number of hydrogen-bond donors (Lipinski definition) is 1. The van der Waals surface area contributed by atoms with Crippen LogP contribution in [0.2, 0.25) is 0 Å². The summed E-state index contributed by atoms with van der Waals surface area (Å²) in [5, 5.41) is 14.8. The van der Waals surface area contributed by atoms with E-state index in [9.17, 15) is 4.79 Å². The predicted octanol–water partition coefficient (Wildman–Crippen LogP) is 3.56. The first-order chi connectivity index (χ1) is 14.1. The van der Waals surface area contributed by atoms with Gasteiger partial charge in [-0.3, -0.25) is 4.79 Å². The van der Waals surface area contributed by atoms with Crippen molar-refractivity contribution in [3.05, 3.63) is 72.2 Å². The lowest BCUT2D eigenvalue weighted by molar-refractivity contribution is -0.118. The molecule has 0 atom stereocenters. The quantitative estimate of drug-likeness (QED) is 0.542. The van der Waals surface area contributed by atoms with Gasteiger partial charge >= 0.3 is 0 Å². The fourth-order valence-electron chi connectivity index (χ4n) is 2.79. The Kier molecular flexibility index (Phi) is 5.07. The summed E-state index contributed by atoms with van der Waals surface area (Å²) in [4.78, 5) is 12.4. The second-order valence-electron chi connectivity index (χ2n) is 6.52. The first-order valence-electron chi connectivity index (χ1n) is 9.01. The highest BCUT2D eigenvalue weighted by Gasteiger charge is 2.12. The lowest BCUT2D eigenvalue weighted by Crippen LogP contribution is -2.21. The van der Waals surface area contributed by atoms with Crippen LogP contribution in [0, 0.1) is 13.8 Å². The largest absolute Gasteiger partial charge is 0.484 e. The minimum Gasteiger partial charge on any atom is -0.484 e. The number of nitrogens with one attached hydrogen (secondary N) is 1. The van der Waals surface area contributed by atoms with Gasteiger partial charge in [0.2, 0.25) is 12.3 Å². The summed E-state index contributed by atoms with van der Waals surface area (Å²) in [6.45, 7) is 3.77. The van der Waals surface area contributed by atoms with E-state index in [2.05, 4.69) is 20.6 Å². The SMILES string of the molecule is Cc1ccc(-n2nc(C)cc2NC(=O)COc2ccc(-c3nnco3)cc2)cc1. The first kappa shape index (κ1) is 18.4. The summed E-state index contributed by atoms with van der Waals surface area (Å²) >= 11 is 0. The molecule has 8 nitrogen and oxygen atoms in total. The van der Waals surface area contributed by atoms with Gasteiger partial charge in [0.25, 0.3) is 5.91 Å². The maximum Gasteiger partial charge on any atom is 0.263 e. The number of carbonyl (C=O) groups excluding carboxylic acids is 1. The van der Waals surface area contributed by atoms with Crippen molar-refractivity contribution in [3.8, 4) is 22.9 Å². The molecule has 0 radical (unpaired) electrons. The fraction of sp³-hybridized carbons (Fsp3) is 0.143. The highest BCUT2D eigenvalue weighted by molar-refractivity contribution is 5.91. The van der Waals surface area contributed by atoms with Crippen LogP contribution < -0.4 is 10.1 Å². The number of ether oxygens (including phenoxy) is 1. The molecule has 2 aromatic carbocycles. The van der Waals surface area contributed by atoms with Gasteiger partial charge < -0.3 is 14.5 Å². The molecule has 0 fully saturated rings. The summed E-state index contributed by atoms with van der Waals surface area (Å²) in [6, 6.07) is 16.8. The first-order valence-corrected chi connectivity index (χ1v) is 9.01. The molecule has 0 aliphatic carbocycles. The van der Waals surface area contributed by atoms with Crippen molar-refractivity contribution in [2.24, 2.45) is 0 Å².